The number of para-hydroxylation sites is 2. The van der Waals surface area contributed by atoms with Crippen molar-refractivity contribution in [1.82, 2.24) is 15.0 Å². The second-order valence-electron chi connectivity index (χ2n) is 6.47. The summed E-state index contributed by atoms with van der Waals surface area (Å²) in [5.74, 6) is 0.422. The van der Waals surface area contributed by atoms with Crippen LogP contribution in [0.15, 0.2) is 79.0 Å². The van der Waals surface area contributed by atoms with Crippen molar-refractivity contribution in [3.63, 3.8) is 0 Å². The Morgan fingerprint density at radius 3 is 2.50 bits per heavy atom. The maximum atomic E-state index is 12.7. The molecule has 30 heavy (non-hydrogen) atoms. The molecule has 0 spiro atoms. The van der Waals surface area contributed by atoms with Gasteiger partial charge in [-0.2, -0.15) is 0 Å². The second kappa shape index (κ2) is 8.80. The Balaban J connectivity index is 1.55. The maximum absolute atomic E-state index is 12.7. The van der Waals surface area contributed by atoms with Crippen LogP contribution < -0.4 is 10.1 Å². The third-order valence-corrected chi connectivity index (χ3v) is 4.75. The standard InChI is InChI=1S/C23H19ClN4O2/c1-2-30-22-6-4-3-5-20(22)26-23(29)17-9-13-19(14-10-17)28-21(15-25-27-28)16-7-11-18(24)12-8-16/h3-15H,2H2,1H3,(H,26,29). The number of benzene rings is 3. The van der Waals surface area contributed by atoms with Crippen molar-refractivity contribution in [3.8, 4) is 22.7 Å². The first-order valence-electron chi connectivity index (χ1n) is 9.46. The number of rotatable bonds is 6. The van der Waals surface area contributed by atoms with E-state index >= 15 is 0 Å². The van der Waals surface area contributed by atoms with Crippen LogP contribution in [0.1, 0.15) is 17.3 Å². The number of carbonyl (C=O) groups excluding carboxylic acids is 1. The smallest absolute Gasteiger partial charge is 0.255 e. The molecule has 1 amide bonds. The number of nitrogens with zero attached hydrogens (tertiary/aromatic N) is 3. The lowest BCUT2D eigenvalue weighted by molar-refractivity contribution is 0.102. The lowest BCUT2D eigenvalue weighted by Crippen LogP contribution is -2.13. The van der Waals surface area contributed by atoms with Crippen molar-refractivity contribution in [2.24, 2.45) is 0 Å². The Labute approximate surface area is 179 Å². The van der Waals surface area contributed by atoms with Gasteiger partial charge in [-0.1, -0.05) is 41.1 Å². The predicted molar refractivity (Wildman–Crippen MR) is 117 cm³/mol. The molecule has 4 aromatic rings. The molecule has 1 aromatic heterocycles. The van der Waals surface area contributed by atoms with E-state index < -0.39 is 0 Å². The second-order valence-corrected chi connectivity index (χ2v) is 6.90. The Kier molecular flexibility index (Phi) is 5.77. The Hall–Kier alpha value is -3.64. The van der Waals surface area contributed by atoms with E-state index in [0.717, 1.165) is 16.9 Å². The zero-order valence-electron chi connectivity index (χ0n) is 16.2. The van der Waals surface area contributed by atoms with Gasteiger partial charge in [0.05, 0.1) is 29.9 Å². The molecule has 1 N–H and O–H groups in total. The number of aromatic nitrogens is 3. The van der Waals surface area contributed by atoms with E-state index in [-0.39, 0.29) is 5.91 Å². The van der Waals surface area contributed by atoms with Crippen molar-refractivity contribution < 1.29 is 9.53 Å². The Morgan fingerprint density at radius 1 is 1.03 bits per heavy atom. The van der Waals surface area contributed by atoms with Gasteiger partial charge in [0.2, 0.25) is 0 Å². The van der Waals surface area contributed by atoms with E-state index in [1.165, 1.54) is 0 Å². The normalized spacial score (nSPS) is 10.6. The summed E-state index contributed by atoms with van der Waals surface area (Å²) in [6.45, 7) is 2.43. The highest BCUT2D eigenvalue weighted by Gasteiger charge is 2.12. The summed E-state index contributed by atoms with van der Waals surface area (Å²) >= 11 is 5.98. The first-order chi connectivity index (χ1) is 14.7. The van der Waals surface area contributed by atoms with Crippen molar-refractivity contribution in [2.45, 2.75) is 6.92 Å². The minimum Gasteiger partial charge on any atom is -0.492 e. The first kappa shape index (κ1) is 19.7. The van der Waals surface area contributed by atoms with Gasteiger partial charge in [-0.25, -0.2) is 4.68 Å². The lowest BCUT2D eigenvalue weighted by atomic mass is 10.1. The summed E-state index contributed by atoms with van der Waals surface area (Å²) in [6.07, 6.45) is 1.69. The van der Waals surface area contributed by atoms with Gasteiger partial charge >= 0.3 is 0 Å². The number of anilines is 1. The van der Waals surface area contributed by atoms with E-state index in [4.69, 9.17) is 16.3 Å². The first-order valence-corrected chi connectivity index (χ1v) is 9.84. The third-order valence-electron chi connectivity index (χ3n) is 4.50. The minimum absolute atomic E-state index is 0.217. The molecule has 0 aliphatic carbocycles. The summed E-state index contributed by atoms with van der Waals surface area (Å²) in [4.78, 5) is 12.7. The molecule has 0 saturated carbocycles. The fraction of sp³-hybridized carbons (Fsp3) is 0.0870. The van der Waals surface area contributed by atoms with E-state index in [0.29, 0.717) is 28.6 Å². The van der Waals surface area contributed by atoms with Gasteiger partial charge in [-0.05, 0) is 55.5 Å². The minimum atomic E-state index is -0.217. The zero-order valence-corrected chi connectivity index (χ0v) is 17.0. The SMILES string of the molecule is CCOc1ccccc1NC(=O)c1ccc(-n2nncc2-c2ccc(Cl)cc2)cc1. The van der Waals surface area contributed by atoms with Gasteiger partial charge in [0, 0.05) is 16.1 Å². The molecule has 0 radical (unpaired) electrons. The number of hydrogen-bond acceptors (Lipinski definition) is 4. The average molecular weight is 419 g/mol. The van der Waals surface area contributed by atoms with Crippen LogP contribution >= 0.6 is 11.6 Å². The quantitative estimate of drug-likeness (QED) is 0.465. The highest BCUT2D eigenvalue weighted by Crippen LogP contribution is 2.25. The molecule has 6 nitrogen and oxygen atoms in total. The molecule has 0 aliphatic heterocycles. The van der Waals surface area contributed by atoms with Crippen LogP contribution in [0.2, 0.25) is 5.02 Å². The zero-order chi connectivity index (χ0) is 20.9. The van der Waals surface area contributed by atoms with Crippen molar-refractivity contribution in [1.29, 1.82) is 0 Å². The van der Waals surface area contributed by atoms with Gasteiger partial charge in [-0.3, -0.25) is 4.79 Å². The van der Waals surface area contributed by atoms with Gasteiger partial charge < -0.3 is 10.1 Å². The van der Waals surface area contributed by atoms with Crippen molar-refractivity contribution >= 4 is 23.2 Å². The number of amides is 1. The molecule has 3 aromatic carbocycles. The summed E-state index contributed by atoms with van der Waals surface area (Å²) < 4.78 is 7.28. The number of nitrogens with one attached hydrogen (secondary N) is 1. The van der Waals surface area contributed by atoms with E-state index in [1.54, 1.807) is 23.0 Å². The molecule has 4 rings (SSSR count). The molecule has 1 heterocycles. The Morgan fingerprint density at radius 2 is 1.77 bits per heavy atom. The molecular formula is C23H19ClN4O2. The number of hydrogen-bond donors (Lipinski definition) is 1. The number of halogens is 1. The monoisotopic (exact) mass is 418 g/mol. The topological polar surface area (TPSA) is 69.0 Å². The van der Waals surface area contributed by atoms with Gasteiger partial charge in [0.25, 0.3) is 5.91 Å². The molecular weight excluding hydrogens is 400 g/mol. The van der Waals surface area contributed by atoms with Crippen LogP contribution in [0.4, 0.5) is 5.69 Å². The fourth-order valence-corrected chi connectivity index (χ4v) is 3.17. The largest absolute Gasteiger partial charge is 0.492 e. The van der Waals surface area contributed by atoms with Crippen LogP contribution in [0, 0.1) is 0 Å². The highest BCUT2D eigenvalue weighted by molar-refractivity contribution is 6.30. The average Bonchev–Trinajstić information content (AvgIpc) is 3.26. The van der Waals surface area contributed by atoms with E-state index in [1.807, 2.05) is 67.6 Å². The molecule has 0 atom stereocenters. The summed E-state index contributed by atoms with van der Waals surface area (Å²) in [6, 6.07) is 22.0. The predicted octanol–water partition coefficient (Wildman–Crippen LogP) is 5.24. The molecule has 0 fully saturated rings. The van der Waals surface area contributed by atoms with Crippen LogP contribution in [0.3, 0.4) is 0 Å². The molecule has 0 unspecified atom stereocenters. The summed E-state index contributed by atoms with van der Waals surface area (Å²) in [7, 11) is 0. The molecule has 0 aliphatic rings. The van der Waals surface area contributed by atoms with E-state index in [9.17, 15) is 4.79 Å². The van der Waals surface area contributed by atoms with Gasteiger partial charge in [0.1, 0.15) is 5.75 Å². The third kappa shape index (κ3) is 4.18. The van der Waals surface area contributed by atoms with Crippen LogP contribution in [-0.4, -0.2) is 27.5 Å². The van der Waals surface area contributed by atoms with E-state index in [2.05, 4.69) is 15.6 Å². The molecule has 0 saturated heterocycles. The lowest BCUT2D eigenvalue weighted by Gasteiger charge is -2.12. The van der Waals surface area contributed by atoms with Gasteiger partial charge in [0.15, 0.2) is 0 Å². The van der Waals surface area contributed by atoms with Crippen LogP contribution in [-0.2, 0) is 0 Å². The summed E-state index contributed by atoms with van der Waals surface area (Å²) in [5, 5.41) is 11.8. The molecule has 7 heteroatoms. The molecule has 0 bridgehead atoms. The number of carbonyl (C=O) groups is 1. The Bertz CT molecular complexity index is 1150. The van der Waals surface area contributed by atoms with Crippen molar-refractivity contribution in [3.05, 3.63) is 89.6 Å². The highest BCUT2D eigenvalue weighted by atomic mass is 35.5. The van der Waals surface area contributed by atoms with Crippen molar-refractivity contribution in [2.75, 3.05) is 11.9 Å². The summed E-state index contributed by atoms with van der Waals surface area (Å²) in [5.41, 5.74) is 3.73. The maximum Gasteiger partial charge on any atom is 0.255 e. The fourth-order valence-electron chi connectivity index (χ4n) is 3.04. The van der Waals surface area contributed by atoms with Gasteiger partial charge in [-0.15, -0.1) is 5.10 Å². The molecule has 150 valence electrons. The van der Waals surface area contributed by atoms with Crippen LogP contribution in [0.5, 0.6) is 5.75 Å². The van der Waals surface area contributed by atoms with Crippen LogP contribution in [0.25, 0.3) is 16.9 Å². The number of ether oxygens (including phenoxy) is 1.